The normalized spacial score (nSPS) is 20.3. The van der Waals surface area contributed by atoms with Crippen molar-refractivity contribution < 1.29 is 0 Å². The zero-order chi connectivity index (χ0) is 14.8. The molecular weight excluding hydrogens is 258 g/mol. The Morgan fingerprint density at radius 2 is 1.86 bits per heavy atom. The molecule has 0 spiro atoms. The molecule has 2 fully saturated rings. The average molecular weight is 287 g/mol. The van der Waals surface area contributed by atoms with E-state index in [1.165, 1.54) is 42.7 Å². The molecule has 2 aliphatic rings. The highest BCUT2D eigenvalue weighted by Crippen LogP contribution is 2.26. The van der Waals surface area contributed by atoms with Crippen LogP contribution in [0.4, 0.5) is 5.69 Å². The Labute approximate surface area is 129 Å². The summed E-state index contributed by atoms with van der Waals surface area (Å²) in [5.74, 6) is 0. The molecule has 116 valence electrons. The number of rotatable bonds is 5. The second-order valence-corrected chi connectivity index (χ2v) is 6.90. The third-order valence-electron chi connectivity index (χ3n) is 4.78. The van der Waals surface area contributed by atoms with E-state index < -0.39 is 0 Å². The Morgan fingerprint density at radius 1 is 1.14 bits per heavy atom. The molecule has 1 saturated heterocycles. The largest absolute Gasteiger partial charge is 0.369 e. The molecule has 0 bridgehead atoms. The van der Waals surface area contributed by atoms with Gasteiger partial charge in [-0.25, -0.2) is 0 Å². The van der Waals surface area contributed by atoms with Gasteiger partial charge < -0.3 is 10.2 Å². The minimum atomic E-state index is 0.668. The molecule has 0 atom stereocenters. The fraction of sp³-hybridized carbons (Fsp3) is 0.667. The smallest absolute Gasteiger partial charge is 0.0412 e. The van der Waals surface area contributed by atoms with Crippen LogP contribution in [0.1, 0.15) is 37.8 Å². The fourth-order valence-corrected chi connectivity index (χ4v) is 3.19. The van der Waals surface area contributed by atoms with E-state index in [1.54, 1.807) is 0 Å². The number of benzene rings is 1. The van der Waals surface area contributed by atoms with Crippen LogP contribution in [0.15, 0.2) is 18.2 Å². The van der Waals surface area contributed by atoms with E-state index in [9.17, 15) is 0 Å². The van der Waals surface area contributed by atoms with E-state index in [1.807, 2.05) is 0 Å². The van der Waals surface area contributed by atoms with Crippen molar-refractivity contribution in [3.05, 3.63) is 29.3 Å². The summed E-state index contributed by atoms with van der Waals surface area (Å²) in [6, 6.07) is 8.38. The van der Waals surface area contributed by atoms with Crippen LogP contribution in [0, 0.1) is 6.92 Å². The first kappa shape index (κ1) is 14.9. The molecule has 1 saturated carbocycles. The summed E-state index contributed by atoms with van der Waals surface area (Å²) < 4.78 is 0. The van der Waals surface area contributed by atoms with Crippen molar-refractivity contribution in [2.24, 2.45) is 0 Å². The highest BCUT2D eigenvalue weighted by Gasteiger charge is 2.23. The Morgan fingerprint density at radius 3 is 2.48 bits per heavy atom. The van der Waals surface area contributed by atoms with Crippen molar-refractivity contribution in [3.63, 3.8) is 0 Å². The molecule has 0 aromatic heterocycles. The van der Waals surface area contributed by atoms with Crippen LogP contribution in [0.2, 0.25) is 0 Å². The molecule has 1 aromatic rings. The molecule has 1 aliphatic carbocycles. The molecule has 0 radical (unpaired) electrons. The minimum Gasteiger partial charge on any atom is -0.369 e. The lowest BCUT2D eigenvalue weighted by Gasteiger charge is -2.39. The van der Waals surface area contributed by atoms with Crippen molar-refractivity contribution in [2.45, 2.75) is 52.2 Å². The Bertz CT molecular complexity index is 471. The molecule has 1 aromatic carbocycles. The summed E-state index contributed by atoms with van der Waals surface area (Å²) in [4.78, 5) is 5.15. The number of nitrogens with zero attached hydrogens (tertiary/aromatic N) is 2. The highest BCUT2D eigenvalue weighted by atomic mass is 15.3. The number of hydrogen-bond donors (Lipinski definition) is 1. The summed E-state index contributed by atoms with van der Waals surface area (Å²) in [5, 5.41) is 3.67. The van der Waals surface area contributed by atoms with Gasteiger partial charge in [-0.2, -0.15) is 0 Å². The molecule has 1 N–H and O–H groups in total. The molecule has 0 amide bonds. The second-order valence-electron chi connectivity index (χ2n) is 6.90. The second kappa shape index (κ2) is 6.37. The molecular formula is C18H29N3. The fourth-order valence-electron chi connectivity index (χ4n) is 3.19. The quantitative estimate of drug-likeness (QED) is 0.898. The minimum absolute atomic E-state index is 0.668. The molecule has 21 heavy (non-hydrogen) atoms. The van der Waals surface area contributed by atoms with Gasteiger partial charge in [-0.05, 0) is 45.2 Å². The van der Waals surface area contributed by atoms with Crippen molar-refractivity contribution >= 4 is 5.69 Å². The maximum absolute atomic E-state index is 3.67. The van der Waals surface area contributed by atoms with Gasteiger partial charge in [0.15, 0.2) is 0 Å². The van der Waals surface area contributed by atoms with Crippen molar-refractivity contribution in [1.82, 2.24) is 10.2 Å². The van der Waals surface area contributed by atoms with E-state index in [-0.39, 0.29) is 0 Å². The predicted molar refractivity (Wildman–Crippen MR) is 90.0 cm³/mol. The van der Waals surface area contributed by atoms with E-state index >= 15 is 0 Å². The van der Waals surface area contributed by atoms with Crippen LogP contribution in [-0.2, 0) is 6.54 Å². The SMILES string of the molecule is Cc1ccc(N2CCN(C(C)C)CC2)c(CNC2CC2)c1. The third kappa shape index (κ3) is 3.78. The summed E-state index contributed by atoms with van der Waals surface area (Å²) in [5.41, 5.74) is 4.28. The van der Waals surface area contributed by atoms with Gasteiger partial charge in [-0.15, -0.1) is 0 Å². The van der Waals surface area contributed by atoms with E-state index in [0.717, 1.165) is 25.7 Å². The van der Waals surface area contributed by atoms with Gasteiger partial charge in [-0.1, -0.05) is 17.7 Å². The van der Waals surface area contributed by atoms with Crippen molar-refractivity contribution in [1.29, 1.82) is 0 Å². The van der Waals surface area contributed by atoms with Gasteiger partial charge in [0.1, 0.15) is 0 Å². The molecule has 3 rings (SSSR count). The van der Waals surface area contributed by atoms with Crippen LogP contribution in [0.3, 0.4) is 0 Å². The zero-order valence-electron chi connectivity index (χ0n) is 13.7. The lowest BCUT2D eigenvalue weighted by Crippen LogP contribution is -2.49. The lowest BCUT2D eigenvalue weighted by molar-refractivity contribution is 0.209. The van der Waals surface area contributed by atoms with E-state index in [4.69, 9.17) is 0 Å². The predicted octanol–water partition coefficient (Wildman–Crippen LogP) is 2.78. The lowest BCUT2D eigenvalue weighted by atomic mass is 10.1. The van der Waals surface area contributed by atoms with Gasteiger partial charge in [0.2, 0.25) is 0 Å². The van der Waals surface area contributed by atoms with Crippen LogP contribution in [0.25, 0.3) is 0 Å². The summed E-state index contributed by atoms with van der Waals surface area (Å²) in [7, 11) is 0. The van der Waals surface area contributed by atoms with Crippen LogP contribution in [0.5, 0.6) is 0 Å². The highest BCUT2D eigenvalue weighted by molar-refractivity contribution is 5.55. The van der Waals surface area contributed by atoms with Gasteiger partial charge in [0.25, 0.3) is 0 Å². The maximum atomic E-state index is 3.67. The molecule has 3 nitrogen and oxygen atoms in total. The summed E-state index contributed by atoms with van der Waals surface area (Å²) in [6.07, 6.45) is 2.71. The standard InChI is InChI=1S/C18H29N3/c1-14(2)20-8-10-21(11-9-20)18-7-4-15(3)12-16(18)13-19-17-5-6-17/h4,7,12,14,17,19H,5-6,8-11,13H2,1-3H3. The number of anilines is 1. The van der Waals surface area contributed by atoms with Gasteiger partial charge in [0.05, 0.1) is 0 Å². The number of nitrogens with one attached hydrogen (secondary N) is 1. The summed E-state index contributed by atoms with van der Waals surface area (Å²) in [6.45, 7) is 12.5. The Balaban J connectivity index is 1.68. The zero-order valence-corrected chi connectivity index (χ0v) is 13.7. The van der Waals surface area contributed by atoms with Crippen LogP contribution in [-0.4, -0.2) is 43.2 Å². The van der Waals surface area contributed by atoms with Crippen molar-refractivity contribution in [3.8, 4) is 0 Å². The maximum Gasteiger partial charge on any atom is 0.0412 e. The first-order valence-corrected chi connectivity index (χ1v) is 8.45. The van der Waals surface area contributed by atoms with Crippen LogP contribution < -0.4 is 10.2 Å². The number of piperazine rings is 1. The third-order valence-corrected chi connectivity index (χ3v) is 4.78. The average Bonchev–Trinajstić information content (AvgIpc) is 3.29. The number of aryl methyl sites for hydroxylation is 1. The first-order chi connectivity index (χ1) is 10.1. The van der Waals surface area contributed by atoms with Crippen molar-refractivity contribution in [2.75, 3.05) is 31.1 Å². The van der Waals surface area contributed by atoms with Crippen LogP contribution >= 0.6 is 0 Å². The van der Waals surface area contributed by atoms with Gasteiger partial charge >= 0.3 is 0 Å². The summed E-state index contributed by atoms with van der Waals surface area (Å²) >= 11 is 0. The number of hydrogen-bond acceptors (Lipinski definition) is 3. The molecule has 1 heterocycles. The molecule has 0 unspecified atom stereocenters. The van der Waals surface area contributed by atoms with Gasteiger partial charge in [0, 0.05) is 50.5 Å². The monoisotopic (exact) mass is 287 g/mol. The van der Waals surface area contributed by atoms with E-state index in [0.29, 0.717) is 6.04 Å². The molecule has 1 aliphatic heterocycles. The topological polar surface area (TPSA) is 18.5 Å². The van der Waals surface area contributed by atoms with E-state index in [2.05, 4.69) is 54.1 Å². The first-order valence-electron chi connectivity index (χ1n) is 8.45. The molecule has 3 heteroatoms. The Kier molecular flexibility index (Phi) is 4.51. The van der Waals surface area contributed by atoms with Gasteiger partial charge in [-0.3, -0.25) is 4.90 Å². The Hall–Kier alpha value is -1.06.